The predicted molar refractivity (Wildman–Crippen MR) is 76.9 cm³/mol. The Morgan fingerprint density at radius 3 is 2.45 bits per heavy atom. The highest BCUT2D eigenvalue weighted by molar-refractivity contribution is 5.92. The molecule has 0 aromatic heterocycles. The van der Waals surface area contributed by atoms with E-state index in [1.165, 1.54) is 27.2 Å². The van der Waals surface area contributed by atoms with Crippen LogP contribution in [0.4, 0.5) is 13.2 Å². The topological polar surface area (TPSA) is 38.8 Å². The summed E-state index contributed by atoms with van der Waals surface area (Å²) >= 11 is 0. The van der Waals surface area contributed by atoms with E-state index in [4.69, 9.17) is 9.47 Å². The minimum Gasteiger partial charge on any atom is -0.497 e. The average Bonchev–Trinajstić information content (AvgIpc) is 2.49. The predicted octanol–water partition coefficient (Wildman–Crippen LogP) is 3.13. The number of amides is 1. The maximum absolute atomic E-state index is 12.4. The first kappa shape index (κ1) is 17.9. The number of nitrogens with zero attached hydrogens (tertiary/aromatic N) is 1. The third kappa shape index (κ3) is 5.31. The Morgan fingerprint density at radius 2 is 1.95 bits per heavy atom. The molecule has 0 aliphatic heterocycles. The highest BCUT2D eigenvalue weighted by atomic mass is 19.4. The van der Waals surface area contributed by atoms with Gasteiger partial charge in [0.1, 0.15) is 18.0 Å². The Balaban J connectivity index is 2.88. The van der Waals surface area contributed by atoms with Crippen LogP contribution in [0.25, 0.3) is 6.08 Å². The smallest absolute Gasteiger partial charge is 0.406 e. The Hall–Kier alpha value is -2.18. The Labute approximate surface area is 127 Å². The molecule has 0 atom stereocenters. The number of halogens is 3. The van der Waals surface area contributed by atoms with Crippen molar-refractivity contribution in [1.29, 1.82) is 0 Å². The van der Waals surface area contributed by atoms with Crippen molar-refractivity contribution < 1.29 is 27.4 Å². The molecule has 0 unspecified atom stereocenters. The Morgan fingerprint density at radius 1 is 1.27 bits per heavy atom. The van der Waals surface area contributed by atoms with E-state index in [1.54, 1.807) is 18.2 Å². The van der Waals surface area contributed by atoms with Crippen LogP contribution in [0.2, 0.25) is 0 Å². The fourth-order valence-electron chi connectivity index (χ4n) is 1.78. The number of carbonyl (C=O) groups excluding carboxylic acids is 1. The SMILES string of the molecule is CCN(CC(F)(F)F)C(=O)/C=C/c1ccc(OC)cc1OC. The zero-order chi connectivity index (χ0) is 16.8. The van der Waals surface area contributed by atoms with Gasteiger partial charge in [-0.15, -0.1) is 0 Å². The van der Waals surface area contributed by atoms with Gasteiger partial charge in [0, 0.05) is 24.3 Å². The van der Waals surface area contributed by atoms with Crippen LogP contribution < -0.4 is 9.47 Å². The molecule has 0 heterocycles. The molecular formula is C15H18F3NO3. The summed E-state index contributed by atoms with van der Waals surface area (Å²) in [7, 11) is 2.96. The van der Waals surface area contributed by atoms with Gasteiger partial charge in [-0.25, -0.2) is 0 Å². The van der Waals surface area contributed by atoms with Crippen molar-refractivity contribution in [2.24, 2.45) is 0 Å². The minimum absolute atomic E-state index is 0.0254. The van der Waals surface area contributed by atoms with Gasteiger partial charge < -0.3 is 14.4 Å². The van der Waals surface area contributed by atoms with E-state index in [9.17, 15) is 18.0 Å². The number of ether oxygens (including phenoxy) is 2. The molecule has 122 valence electrons. The lowest BCUT2D eigenvalue weighted by Gasteiger charge is -2.20. The van der Waals surface area contributed by atoms with Gasteiger partial charge in [0.15, 0.2) is 0 Å². The van der Waals surface area contributed by atoms with Crippen molar-refractivity contribution in [3.05, 3.63) is 29.8 Å². The van der Waals surface area contributed by atoms with Crippen molar-refractivity contribution in [2.75, 3.05) is 27.3 Å². The summed E-state index contributed by atoms with van der Waals surface area (Å²) in [5.41, 5.74) is 0.569. The van der Waals surface area contributed by atoms with E-state index >= 15 is 0 Å². The van der Waals surface area contributed by atoms with Crippen LogP contribution in [-0.4, -0.2) is 44.3 Å². The van der Waals surface area contributed by atoms with Crippen LogP contribution >= 0.6 is 0 Å². The van der Waals surface area contributed by atoms with Crippen molar-refractivity contribution in [1.82, 2.24) is 4.90 Å². The molecule has 0 saturated carbocycles. The molecule has 0 aliphatic rings. The lowest BCUT2D eigenvalue weighted by Crippen LogP contribution is -2.37. The van der Waals surface area contributed by atoms with E-state index < -0.39 is 18.6 Å². The third-order valence-corrected chi connectivity index (χ3v) is 2.91. The minimum atomic E-state index is -4.42. The number of hydrogen-bond donors (Lipinski definition) is 0. The number of carbonyl (C=O) groups is 1. The summed E-state index contributed by atoms with van der Waals surface area (Å²) < 4.78 is 47.3. The number of benzene rings is 1. The fraction of sp³-hybridized carbons (Fsp3) is 0.400. The largest absolute Gasteiger partial charge is 0.497 e. The van der Waals surface area contributed by atoms with Crippen LogP contribution in [0.3, 0.4) is 0 Å². The molecule has 22 heavy (non-hydrogen) atoms. The first-order chi connectivity index (χ1) is 10.3. The second-order valence-electron chi connectivity index (χ2n) is 4.41. The number of rotatable bonds is 6. The van der Waals surface area contributed by atoms with Gasteiger partial charge >= 0.3 is 6.18 Å². The van der Waals surface area contributed by atoms with Crippen molar-refractivity contribution in [2.45, 2.75) is 13.1 Å². The lowest BCUT2D eigenvalue weighted by atomic mass is 10.1. The normalized spacial score (nSPS) is 11.5. The molecule has 1 aromatic rings. The van der Waals surface area contributed by atoms with E-state index in [0.29, 0.717) is 22.0 Å². The zero-order valence-electron chi connectivity index (χ0n) is 12.6. The monoisotopic (exact) mass is 317 g/mol. The third-order valence-electron chi connectivity index (χ3n) is 2.91. The van der Waals surface area contributed by atoms with E-state index in [2.05, 4.69) is 0 Å². The molecule has 0 saturated heterocycles. The van der Waals surface area contributed by atoms with Gasteiger partial charge in [0.2, 0.25) is 5.91 Å². The molecule has 0 aliphatic carbocycles. The summed E-state index contributed by atoms with van der Waals surface area (Å²) in [6, 6.07) is 4.94. The number of hydrogen-bond acceptors (Lipinski definition) is 3. The van der Waals surface area contributed by atoms with Crippen LogP contribution in [0.1, 0.15) is 12.5 Å². The van der Waals surface area contributed by atoms with Crippen molar-refractivity contribution >= 4 is 12.0 Å². The van der Waals surface area contributed by atoms with Crippen LogP contribution in [0, 0.1) is 0 Å². The maximum Gasteiger partial charge on any atom is 0.406 e. The molecule has 0 N–H and O–H groups in total. The standard InChI is InChI=1S/C15H18F3NO3/c1-4-19(10-15(16,17)18)14(20)8-6-11-5-7-12(21-2)9-13(11)22-3/h5-9H,4,10H2,1-3H3/b8-6+. The molecule has 7 heteroatoms. The van der Waals surface area contributed by atoms with Crippen LogP contribution in [-0.2, 0) is 4.79 Å². The van der Waals surface area contributed by atoms with E-state index in [-0.39, 0.29) is 6.54 Å². The molecule has 0 radical (unpaired) electrons. The Kier molecular flexibility index (Phi) is 6.27. The first-order valence-corrected chi connectivity index (χ1v) is 6.56. The number of likely N-dealkylation sites (N-methyl/N-ethyl adjacent to an activating group) is 1. The van der Waals surface area contributed by atoms with Gasteiger partial charge in [-0.3, -0.25) is 4.79 Å². The van der Waals surface area contributed by atoms with Gasteiger partial charge in [-0.05, 0) is 25.1 Å². The molecule has 1 aromatic carbocycles. The van der Waals surface area contributed by atoms with Gasteiger partial charge in [0.25, 0.3) is 0 Å². The summed E-state index contributed by atoms with van der Waals surface area (Å²) in [6.07, 6.45) is -1.91. The summed E-state index contributed by atoms with van der Waals surface area (Å²) in [6.45, 7) is 0.195. The molecule has 1 amide bonds. The maximum atomic E-state index is 12.4. The highest BCUT2D eigenvalue weighted by Crippen LogP contribution is 2.25. The highest BCUT2D eigenvalue weighted by Gasteiger charge is 2.31. The van der Waals surface area contributed by atoms with Gasteiger partial charge in [-0.1, -0.05) is 0 Å². The van der Waals surface area contributed by atoms with Crippen molar-refractivity contribution in [3.8, 4) is 11.5 Å². The van der Waals surface area contributed by atoms with Crippen molar-refractivity contribution in [3.63, 3.8) is 0 Å². The average molecular weight is 317 g/mol. The molecule has 4 nitrogen and oxygen atoms in total. The van der Waals surface area contributed by atoms with Crippen LogP contribution in [0.5, 0.6) is 11.5 Å². The molecule has 0 bridgehead atoms. The molecular weight excluding hydrogens is 299 g/mol. The zero-order valence-corrected chi connectivity index (χ0v) is 12.6. The van der Waals surface area contributed by atoms with Crippen LogP contribution in [0.15, 0.2) is 24.3 Å². The quantitative estimate of drug-likeness (QED) is 0.757. The molecule has 0 fully saturated rings. The fourth-order valence-corrected chi connectivity index (χ4v) is 1.78. The summed E-state index contributed by atoms with van der Waals surface area (Å²) in [5, 5.41) is 0. The van der Waals surface area contributed by atoms with Gasteiger partial charge in [0.05, 0.1) is 14.2 Å². The second-order valence-corrected chi connectivity index (χ2v) is 4.41. The molecule has 0 spiro atoms. The Bertz CT molecular complexity index is 541. The summed E-state index contributed by atoms with van der Waals surface area (Å²) in [4.78, 5) is 12.5. The second kappa shape index (κ2) is 7.72. The van der Waals surface area contributed by atoms with Gasteiger partial charge in [-0.2, -0.15) is 13.2 Å². The number of alkyl halides is 3. The molecule has 1 rings (SSSR count). The lowest BCUT2D eigenvalue weighted by molar-refractivity contribution is -0.157. The van der Waals surface area contributed by atoms with E-state index in [1.807, 2.05) is 0 Å². The number of methoxy groups -OCH3 is 2. The van der Waals surface area contributed by atoms with E-state index in [0.717, 1.165) is 6.08 Å². The summed E-state index contributed by atoms with van der Waals surface area (Å²) in [5.74, 6) is 0.326. The first-order valence-electron chi connectivity index (χ1n) is 6.56.